The molecular weight excluding hydrogens is 376 g/mol. The number of carbonyl (C=O) groups excluding carboxylic acids is 1. The van der Waals surface area contributed by atoms with E-state index in [0.717, 1.165) is 54.2 Å². The summed E-state index contributed by atoms with van der Waals surface area (Å²) >= 11 is 0. The van der Waals surface area contributed by atoms with Crippen molar-refractivity contribution in [2.24, 2.45) is 5.92 Å². The number of hydrogen-bond donors (Lipinski definition) is 1. The van der Waals surface area contributed by atoms with Crippen molar-refractivity contribution >= 4 is 22.8 Å². The van der Waals surface area contributed by atoms with Gasteiger partial charge in [-0.3, -0.25) is 4.98 Å². The summed E-state index contributed by atoms with van der Waals surface area (Å²) in [4.78, 5) is 26.0. The summed E-state index contributed by atoms with van der Waals surface area (Å²) in [5.41, 5.74) is 5.25. The lowest BCUT2D eigenvalue weighted by Crippen LogP contribution is -2.58. The number of nitrogens with zero attached hydrogens (tertiary/aromatic N) is 3. The molecule has 0 atom stereocenters. The van der Waals surface area contributed by atoms with Gasteiger partial charge in [-0.25, -0.2) is 4.98 Å². The molecule has 0 unspecified atom stereocenters. The molecule has 1 saturated heterocycles. The zero-order valence-electron chi connectivity index (χ0n) is 17.7. The molecule has 1 aromatic carbocycles. The van der Waals surface area contributed by atoms with Crippen molar-refractivity contribution in [2.75, 3.05) is 19.7 Å². The van der Waals surface area contributed by atoms with Gasteiger partial charge in [0, 0.05) is 24.6 Å². The Labute approximate surface area is 176 Å². The lowest BCUT2D eigenvalue weighted by Gasteiger charge is -2.39. The first-order valence-corrected chi connectivity index (χ1v) is 11.0. The second kappa shape index (κ2) is 7.51. The second-order valence-electron chi connectivity index (χ2n) is 8.89. The number of imidazole rings is 1. The number of ether oxygens (including phenoxy) is 1. The first-order valence-electron chi connectivity index (χ1n) is 11.0. The standard InChI is InChI=1S/C24H29N4O2/c1-16-22-23(27-17(2)26-22)21(14-25-16)19-10-12-28(13-11-19,20-6-4-3-5-7-20)24(29)30-15-18-8-9-18/h3-7,14,18-19H,8-13,15H2,1-2H3,(H,26,27)/q+1. The third-order valence-electron chi connectivity index (χ3n) is 6.75. The molecule has 1 aliphatic heterocycles. The van der Waals surface area contributed by atoms with Gasteiger partial charge in [-0.05, 0) is 50.7 Å². The molecular formula is C24H29N4O2+. The molecule has 1 amide bonds. The zero-order valence-corrected chi connectivity index (χ0v) is 17.7. The average Bonchev–Trinajstić information content (AvgIpc) is 3.52. The maximum absolute atomic E-state index is 13.3. The van der Waals surface area contributed by atoms with Crippen LogP contribution >= 0.6 is 0 Å². The number of carbonyl (C=O) groups is 1. The maximum Gasteiger partial charge on any atom is 0.521 e. The van der Waals surface area contributed by atoms with Crippen LogP contribution < -0.4 is 4.48 Å². The number of fused-ring (bicyclic) bond motifs is 1. The Morgan fingerprint density at radius 1 is 1.13 bits per heavy atom. The van der Waals surface area contributed by atoms with Crippen molar-refractivity contribution in [1.29, 1.82) is 0 Å². The van der Waals surface area contributed by atoms with Crippen molar-refractivity contribution in [3.8, 4) is 0 Å². The van der Waals surface area contributed by atoms with Crippen LogP contribution in [-0.4, -0.2) is 40.7 Å². The van der Waals surface area contributed by atoms with Crippen LogP contribution in [0.15, 0.2) is 36.5 Å². The molecule has 0 spiro atoms. The third-order valence-corrected chi connectivity index (χ3v) is 6.75. The van der Waals surface area contributed by atoms with E-state index in [-0.39, 0.29) is 10.6 Å². The monoisotopic (exact) mass is 405 g/mol. The lowest BCUT2D eigenvalue weighted by atomic mass is 9.88. The van der Waals surface area contributed by atoms with Crippen molar-refractivity contribution in [2.45, 2.75) is 45.4 Å². The van der Waals surface area contributed by atoms with Crippen molar-refractivity contribution in [3.05, 3.63) is 53.6 Å². The van der Waals surface area contributed by atoms with Crippen LogP contribution in [0.2, 0.25) is 0 Å². The number of pyridine rings is 1. The number of aromatic amines is 1. The molecule has 1 aliphatic carbocycles. The minimum Gasteiger partial charge on any atom is -0.419 e. The molecule has 1 N–H and O–H groups in total. The highest BCUT2D eigenvalue weighted by Crippen LogP contribution is 2.39. The van der Waals surface area contributed by atoms with Gasteiger partial charge in [0.05, 0.1) is 29.8 Å². The number of amides is 1. The summed E-state index contributed by atoms with van der Waals surface area (Å²) in [7, 11) is 0. The number of aromatic nitrogens is 3. The summed E-state index contributed by atoms with van der Waals surface area (Å²) in [5, 5.41) is 0. The van der Waals surface area contributed by atoms with E-state index in [1.54, 1.807) is 0 Å². The molecule has 6 heteroatoms. The number of rotatable bonds is 4. The number of aryl methyl sites for hydroxylation is 2. The Morgan fingerprint density at radius 3 is 2.57 bits per heavy atom. The average molecular weight is 406 g/mol. The maximum atomic E-state index is 13.3. The third kappa shape index (κ3) is 3.39. The summed E-state index contributed by atoms with van der Waals surface area (Å²) in [6, 6.07) is 10.1. The first kappa shape index (κ1) is 19.2. The molecule has 2 aromatic heterocycles. The largest absolute Gasteiger partial charge is 0.521 e. The van der Waals surface area contributed by atoms with Gasteiger partial charge in [-0.15, -0.1) is 0 Å². The number of para-hydroxylation sites is 1. The number of hydrogen-bond acceptors (Lipinski definition) is 4. The first-order chi connectivity index (χ1) is 14.6. The molecule has 30 heavy (non-hydrogen) atoms. The number of benzene rings is 1. The van der Waals surface area contributed by atoms with Crippen molar-refractivity contribution < 1.29 is 9.53 Å². The highest BCUT2D eigenvalue weighted by molar-refractivity contribution is 5.83. The lowest BCUT2D eigenvalue weighted by molar-refractivity contribution is 0.0904. The van der Waals surface area contributed by atoms with Gasteiger partial charge in [0.15, 0.2) is 0 Å². The van der Waals surface area contributed by atoms with Gasteiger partial charge < -0.3 is 9.72 Å². The number of nitrogens with one attached hydrogen (secondary N) is 1. The Bertz CT molecular complexity index is 1060. The smallest absolute Gasteiger partial charge is 0.419 e. The van der Waals surface area contributed by atoms with E-state index in [1.807, 2.05) is 38.2 Å². The van der Waals surface area contributed by atoms with E-state index in [2.05, 4.69) is 22.1 Å². The van der Waals surface area contributed by atoms with Crippen LogP contribution in [0.5, 0.6) is 0 Å². The van der Waals surface area contributed by atoms with E-state index in [4.69, 9.17) is 9.72 Å². The van der Waals surface area contributed by atoms with Crippen LogP contribution in [0, 0.1) is 19.8 Å². The summed E-state index contributed by atoms with van der Waals surface area (Å²) in [6.45, 7) is 6.02. The van der Waals surface area contributed by atoms with Gasteiger partial charge in [0.25, 0.3) is 0 Å². The molecule has 3 heterocycles. The SMILES string of the molecule is Cc1nc2c(C3CC[N+](C(=O)OCC4CC4)(c4ccccc4)CC3)cnc(C)c2[nH]1. The van der Waals surface area contributed by atoms with Crippen LogP contribution in [0.4, 0.5) is 10.5 Å². The molecule has 0 radical (unpaired) electrons. The molecule has 156 valence electrons. The van der Waals surface area contributed by atoms with Gasteiger partial charge in [0.2, 0.25) is 0 Å². The molecule has 6 nitrogen and oxygen atoms in total. The Balaban J connectivity index is 1.42. The van der Waals surface area contributed by atoms with Gasteiger partial charge in [-0.1, -0.05) is 18.2 Å². The van der Waals surface area contributed by atoms with Crippen molar-refractivity contribution in [3.63, 3.8) is 0 Å². The quantitative estimate of drug-likeness (QED) is 0.620. The Hall–Kier alpha value is -2.73. The number of H-pyrrole nitrogens is 1. The summed E-state index contributed by atoms with van der Waals surface area (Å²) in [5.74, 6) is 1.82. The second-order valence-corrected chi connectivity index (χ2v) is 8.89. The molecule has 5 rings (SSSR count). The van der Waals surface area contributed by atoms with E-state index < -0.39 is 0 Å². The zero-order chi connectivity index (χ0) is 20.7. The normalized spacial score (nSPS) is 24.1. The minimum absolute atomic E-state index is 0.102. The fourth-order valence-corrected chi connectivity index (χ4v) is 4.73. The molecule has 2 aliphatic rings. The van der Waals surface area contributed by atoms with Crippen LogP contribution in [0.3, 0.4) is 0 Å². The van der Waals surface area contributed by atoms with E-state index in [0.29, 0.717) is 18.4 Å². The highest BCUT2D eigenvalue weighted by atomic mass is 16.6. The summed E-state index contributed by atoms with van der Waals surface area (Å²) < 4.78 is 6.08. The van der Waals surface area contributed by atoms with E-state index in [9.17, 15) is 4.79 Å². The molecule has 2 fully saturated rings. The van der Waals surface area contributed by atoms with Gasteiger partial charge in [0.1, 0.15) is 18.1 Å². The van der Waals surface area contributed by atoms with E-state index in [1.165, 1.54) is 18.4 Å². The van der Waals surface area contributed by atoms with Gasteiger partial charge >= 0.3 is 6.09 Å². The van der Waals surface area contributed by atoms with E-state index >= 15 is 0 Å². The number of piperidine rings is 1. The van der Waals surface area contributed by atoms with Crippen molar-refractivity contribution in [1.82, 2.24) is 19.4 Å². The summed E-state index contributed by atoms with van der Waals surface area (Å²) in [6.07, 6.45) is 6.05. The highest BCUT2D eigenvalue weighted by Gasteiger charge is 2.45. The Kier molecular flexibility index (Phi) is 4.82. The molecule has 0 bridgehead atoms. The predicted molar refractivity (Wildman–Crippen MR) is 117 cm³/mol. The molecule has 3 aromatic rings. The number of likely N-dealkylation sites (tertiary alicyclic amines) is 1. The van der Waals surface area contributed by atoms with Gasteiger partial charge in [-0.2, -0.15) is 9.28 Å². The fourth-order valence-electron chi connectivity index (χ4n) is 4.73. The Morgan fingerprint density at radius 2 is 1.87 bits per heavy atom. The number of quaternary nitrogens is 1. The van der Waals surface area contributed by atoms with Crippen LogP contribution in [0.1, 0.15) is 48.7 Å². The fraction of sp³-hybridized carbons (Fsp3) is 0.458. The predicted octanol–water partition coefficient (Wildman–Crippen LogP) is 5.01. The minimum atomic E-state index is -0.102. The molecule has 1 saturated carbocycles. The van der Waals surface area contributed by atoms with Crippen LogP contribution in [-0.2, 0) is 4.74 Å². The van der Waals surface area contributed by atoms with Crippen LogP contribution in [0.25, 0.3) is 11.0 Å². The topological polar surface area (TPSA) is 67.9 Å².